The smallest absolute Gasteiger partial charge is 0.193 e. The lowest BCUT2D eigenvalue weighted by Crippen LogP contribution is -2.41. The Kier molecular flexibility index (Phi) is 6.53. The molecule has 0 bridgehead atoms. The number of rotatable bonds is 5. The number of aliphatic imine (C=N–C) groups is 1. The Morgan fingerprint density at radius 2 is 2.00 bits per heavy atom. The average molecular weight is 372 g/mol. The van der Waals surface area contributed by atoms with Gasteiger partial charge in [0.25, 0.3) is 0 Å². The van der Waals surface area contributed by atoms with Crippen LogP contribution in [0.1, 0.15) is 12.0 Å². The molecule has 0 aliphatic carbocycles. The van der Waals surface area contributed by atoms with Crippen LogP contribution in [0.15, 0.2) is 53.5 Å². The molecular weight excluding hydrogens is 346 g/mol. The molecule has 26 heavy (non-hydrogen) atoms. The molecule has 1 unspecified atom stereocenters. The molecule has 1 heterocycles. The van der Waals surface area contributed by atoms with E-state index in [0.717, 1.165) is 43.7 Å². The van der Waals surface area contributed by atoms with Crippen LogP contribution in [0.5, 0.6) is 0 Å². The van der Waals surface area contributed by atoms with Gasteiger partial charge < -0.3 is 15.0 Å². The van der Waals surface area contributed by atoms with Crippen LogP contribution in [0.4, 0.5) is 0 Å². The van der Waals surface area contributed by atoms with Crippen LogP contribution in [0.2, 0.25) is 5.02 Å². The van der Waals surface area contributed by atoms with Crippen molar-refractivity contribution in [3.8, 4) is 11.1 Å². The van der Waals surface area contributed by atoms with Crippen LogP contribution in [-0.4, -0.2) is 44.7 Å². The van der Waals surface area contributed by atoms with Crippen LogP contribution in [0.25, 0.3) is 11.1 Å². The molecule has 2 aromatic rings. The molecule has 3 rings (SSSR count). The highest BCUT2D eigenvalue weighted by Gasteiger charge is 2.19. The van der Waals surface area contributed by atoms with Gasteiger partial charge in [0.05, 0.1) is 6.61 Å². The number of nitrogens with zero attached hydrogens (tertiary/aromatic N) is 2. The third-order valence-electron chi connectivity index (χ3n) is 4.74. The molecule has 1 atom stereocenters. The summed E-state index contributed by atoms with van der Waals surface area (Å²) in [5, 5.41) is 4.24. The summed E-state index contributed by atoms with van der Waals surface area (Å²) in [4.78, 5) is 6.62. The SMILES string of the molecule is CN=C(NCc1ccccc1-c1ccc(Cl)cc1)N(C)CC1CCOC1. The van der Waals surface area contributed by atoms with Crippen molar-refractivity contribution in [3.63, 3.8) is 0 Å². The van der Waals surface area contributed by atoms with Crippen LogP contribution in [-0.2, 0) is 11.3 Å². The van der Waals surface area contributed by atoms with Crippen molar-refractivity contribution in [2.45, 2.75) is 13.0 Å². The molecule has 0 saturated carbocycles. The monoisotopic (exact) mass is 371 g/mol. The van der Waals surface area contributed by atoms with Gasteiger partial charge in [-0.25, -0.2) is 0 Å². The van der Waals surface area contributed by atoms with Gasteiger partial charge in [-0.05, 0) is 35.2 Å². The van der Waals surface area contributed by atoms with Gasteiger partial charge in [-0.3, -0.25) is 4.99 Å². The minimum Gasteiger partial charge on any atom is -0.381 e. The van der Waals surface area contributed by atoms with Gasteiger partial charge in [0.15, 0.2) is 5.96 Å². The van der Waals surface area contributed by atoms with Crippen LogP contribution in [0, 0.1) is 5.92 Å². The first-order valence-corrected chi connectivity index (χ1v) is 9.38. The van der Waals surface area contributed by atoms with Crippen LogP contribution < -0.4 is 5.32 Å². The maximum Gasteiger partial charge on any atom is 0.193 e. The van der Waals surface area contributed by atoms with E-state index in [1.807, 2.05) is 19.2 Å². The third-order valence-corrected chi connectivity index (χ3v) is 4.99. The Balaban J connectivity index is 1.67. The van der Waals surface area contributed by atoms with Crippen molar-refractivity contribution < 1.29 is 4.74 Å². The lowest BCUT2D eigenvalue weighted by atomic mass is 10.00. The van der Waals surface area contributed by atoms with E-state index in [1.54, 1.807) is 0 Å². The maximum absolute atomic E-state index is 6.02. The van der Waals surface area contributed by atoms with E-state index in [-0.39, 0.29) is 0 Å². The van der Waals surface area contributed by atoms with E-state index in [2.05, 4.69) is 58.7 Å². The standard InChI is InChI=1S/C21H26ClN3O/c1-23-21(25(2)14-16-11-12-26-15-16)24-13-18-5-3-4-6-20(18)17-7-9-19(22)10-8-17/h3-10,16H,11-15H2,1-2H3,(H,23,24). The average Bonchev–Trinajstić information content (AvgIpc) is 3.16. The van der Waals surface area contributed by atoms with Crippen LogP contribution in [0.3, 0.4) is 0 Å². The van der Waals surface area contributed by atoms with Gasteiger partial charge in [-0.15, -0.1) is 0 Å². The first-order chi connectivity index (χ1) is 12.7. The van der Waals surface area contributed by atoms with Gasteiger partial charge in [-0.2, -0.15) is 0 Å². The summed E-state index contributed by atoms with van der Waals surface area (Å²) in [6.45, 7) is 3.40. The number of halogens is 1. The van der Waals surface area contributed by atoms with Gasteiger partial charge in [-0.1, -0.05) is 48.0 Å². The number of hydrogen-bond donors (Lipinski definition) is 1. The quantitative estimate of drug-likeness (QED) is 0.636. The number of benzene rings is 2. The van der Waals surface area contributed by atoms with Crippen molar-refractivity contribution in [3.05, 3.63) is 59.1 Å². The van der Waals surface area contributed by atoms with E-state index >= 15 is 0 Å². The molecule has 4 nitrogen and oxygen atoms in total. The van der Waals surface area contributed by atoms with E-state index in [1.165, 1.54) is 16.7 Å². The Hall–Kier alpha value is -2.04. The summed E-state index contributed by atoms with van der Waals surface area (Å²) in [7, 11) is 3.91. The van der Waals surface area contributed by atoms with Crippen molar-refractivity contribution in [2.75, 3.05) is 33.9 Å². The largest absolute Gasteiger partial charge is 0.381 e. The predicted molar refractivity (Wildman–Crippen MR) is 109 cm³/mol. The van der Waals surface area contributed by atoms with Crippen molar-refractivity contribution >= 4 is 17.6 Å². The molecule has 2 aromatic carbocycles. The topological polar surface area (TPSA) is 36.9 Å². The van der Waals surface area contributed by atoms with Crippen LogP contribution >= 0.6 is 11.6 Å². The van der Waals surface area contributed by atoms with E-state index < -0.39 is 0 Å². The molecule has 138 valence electrons. The summed E-state index contributed by atoms with van der Waals surface area (Å²) in [6.07, 6.45) is 1.13. The molecule has 1 N–H and O–H groups in total. The van der Waals surface area contributed by atoms with Gasteiger partial charge in [0, 0.05) is 44.7 Å². The van der Waals surface area contributed by atoms with Gasteiger partial charge in [0.1, 0.15) is 0 Å². The first kappa shape index (κ1) is 18.7. The summed E-state index contributed by atoms with van der Waals surface area (Å²) in [6, 6.07) is 16.4. The van der Waals surface area contributed by atoms with Crippen molar-refractivity contribution in [2.24, 2.45) is 10.9 Å². The second-order valence-corrected chi connectivity index (χ2v) is 7.11. The fourth-order valence-electron chi connectivity index (χ4n) is 3.35. The molecule has 1 aliphatic heterocycles. The Morgan fingerprint density at radius 1 is 1.23 bits per heavy atom. The van der Waals surface area contributed by atoms with E-state index in [9.17, 15) is 0 Å². The minimum atomic E-state index is 0.583. The summed E-state index contributed by atoms with van der Waals surface area (Å²) < 4.78 is 5.48. The molecule has 0 aromatic heterocycles. The lowest BCUT2D eigenvalue weighted by Gasteiger charge is -2.25. The van der Waals surface area contributed by atoms with Gasteiger partial charge >= 0.3 is 0 Å². The molecule has 0 radical (unpaired) electrons. The fourth-order valence-corrected chi connectivity index (χ4v) is 3.47. The highest BCUT2D eigenvalue weighted by atomic mass is 35.5. The van der Waals surface area contributed by atoms with Gasteiger partial charge in [0.2, 0.25) is 0 Å². The second kappa shape index (κ2) is 9.06. The number of ether oxygens (including phenoxy) is 1. The van der Waals surface area contributed by atoms with E-state index in [0.29, 0.717) is 5.92 Å². The number of hydrogen-bond acceptors (Lipinski definition) is 2. The highest BCUT2D eigenvalue weighted by molar-refractivity contribution is 6.30. The second-order valence-electron chi connectivity index (χ2n) is 6.67. The molecule has 1 aliphatic rings. The minimum absolute atomic E-state index is 0.583. The zero-order chi connectivity index (χ0) is 18.4. The lowest BCUT2D eigenvalue weighted by molar-refractivity contribution is 0.181. The zero-order valence-corrected chi connectivity index (χ0v) is 16.2. The normalized spacial score (nSPS) is 17.3. The Bertz CT molecular complexity index is 739. The zero-order valence-electron chi connectivity index (χ0n) is 15.4. The van der Waals surface area contributed by atoms with Crippen molar-refractivity contribution in [1.82, 2.24) is 10.2 Å². The van der Waals surface area contributed by atoms with Crippen molar-refractivity contribution in [1.29, 1.82) is 0 Å². The number of nitrogens with one attached hydrogen (secondary N) is 1. The predicted octanol–water partition coefficient (Wildman–Crippen LogP) is 4.05. The summed E-state index contributed by atoms with van der Waals surface area (Å²) in [5.74, 6) is 1.49. The molecule has 1 fully saturated rings. The first-order valence-electron chi connectivity index (χ1n) is 9.00. The molecular formula is C21H26ClN3O. The summed E-state index contributed by atoms with van der Waals surface area (Å²) in [5.41, 5.74) is 3.60. The Labute approximate surface area is 160 Å². The molecule has 5 heteroatoms. The maximum atomic E-state index is 6.02. The molecule has 1 saturated heterocycles. The third kappa shape index (κ3) is 4.77. The van der Waals surface area contributed by atoms with E-state index in [4.69, 9.17) is 16.3 Å². The fraction of sp³-hybridized carbons (Fsp3) is 0.381. The molecule has 0 spiro atoms. The summed E-state index contributed by atoms with van der Waals surface area (Å²) >= 11 is 6.02. The Morgan fingerprint density at radius 3 is 2.69 bits per heavy atom. The molecule has 0 amide bonds. The number of guanidine groups is 1. The highest BCUT2D eigenvalue weighted by Crippen LogP contribution is 2.25.